The maximum atomic E-state index is 8.72. The number of aliphatic imine (C=N–C) groups is 1. The Labute approximate surface area is 139 Å². The van der Waals surface area contributed by atoms with Crippen LogP contribution in [0.4, 0.5) is 0 Å². The fourth-order valence-electron chi connectivity index (χ4n) is 3.21. The third kappa shape index (κ3) is 5.37. The molecule has 2 rings (SSSR count). The Morgan fingerprint density at radius 1 is 1.30 bits per heavy atom. The Bertz CT molecular complexity index is 567. The van der Waals surface area contributed by atoms with E-state index in [9.17, 15) is 0 Å². The summed E-state index contributed by atoms with van der Waals surface area (Å²) in [7, 11) is 1.80. The zero-order valence-electron chi connectivity index (χ0n) is 14.3. The molecule has 0 amide bonds. The smallest absolute Gasteiger partial charge is 0.205 e. The van der Waals surface area contributed by atoms with Crippen molar-refractivity contribution in [2.75, 3.05) is 7.11 Å². The molecule has 4 heteroatoms. The summed E-state index contributed by atoms with van der Waals surface area (Å²) in [5.74, 6) is 1.50. The molecule has 0 radical (unpaired) electrons. The summed E-state index contributed by atoms with van der Waals surface area (Å²) >= 11 is 0. The van der Waals surface area contributed by atoms with E-state index in [-0.39, 0.29) is 6.10 Å². The quantitative estimate of drug-likeness (QED) is 0.586. The van der Waals surface area contributed by atoms with Crippen molar-refractivity contribution < 1.29 is 9.47 Å². The van der Waals surface area contributed by atoms with E-state index in [2.05, 4.69) is 11.1 Å². The van der Waals surface area contributed by atoms with Gasteiger partial charge in [-0.1, -0.05) is 6.07 Å². The predicted molar refractivity (Wildman–Crippen MR) is 91.9 cm³/mol. The summed E-state index contributed by atoms with van der Waals surface area (Å²) in [5, 5.41) is 8.72. The highest BCUT2D eigenvalue weighted by molar-refractivity contribution is 5.83. The molecule has 0 spiro atoms. The summed E-state index contributed by atoms with van der Waals surface area (Å²) in [4.78, 5) is 3.75. The van der Waals surface area contributed by atoms with Gasteiger partial charge >= 0.3 is 0 Å². The first kappa shape index (κ1) is 17.5. The molecule has 1 aliphatic carbocycles. The van der Waals surface area contributed by atoms with Crippen LogP contribution in [-0.4, -0.2) is 25.5 Å². The number of ether oxygens (including phenoxy) is 2. The first-order chi connectivity index (χ1) is 11.1. The van der Waals surface area contributed by atoms with Gasteiger partial charge in [0.25, 0.3) is 0 Å². The maximum Gasteiger partial charge on any atom is 0.205 e. The van der Waals surface area contributed by atoms with Gasteiger partial charge in [0.2, 0.25) is 6.19 Å². The SMILES string of the molecule is COC1CCC(Cc2ccc(OC(C)C)cc2C=NC#N)CC1. The van der Waals surface area contributed by atoms with Crippen molar-refractivity contribution >= 4 is 6.21 Å². The highest BCUT2D eigenvalue weighted by Gasteiger charge is 2.21. The lowest BCUT2D eigenvalue weighted by atomic mass is 9.82. The molecule has 0 bridgehead atoms. The van der Waals surface area contributed by atoms with Gasteiger partial charge in [0, 0.05) is 18.9 Å². The minimum atomic E-state index is 0.130. The van der Waals surface area contributed by atoms with Crippen LogP contribution in [0.15, 0.2) is 23.2 Å². The molecule has 0 N–H and O–H groups in total. The molecular weight excluding hydrogens is 288 g/mol. The monoisotopic (exact) mass is 314 g/mol. The standard InChI is InChI=1S/C19H26N2O2/c1-14(2)23-19-9-6-16(17(11-19)12-21-13-20)10-15-4-7-18(22-3)8-5-15/h6,9,11-12,14-15,18H,4-5,7-8,10H2,1-3H3. The van der Waals surface area contributed by atoms with Gasteiger partial charge in [-0.15, -0.1) is 0 Å². The average molecular weight is 314 g/mol. The second kappa shape index (κ2) is 8.69. The predicted octanol–water partition coefficient (Wildman–Crippen LogP) is 4.12. The van der Waals surface area contributed by atoms with Crippen LogP contribution in [0.1, 0.15) is 50.7 Å². The normalized spacial score (nSPS) is 21.5. The highest BCUT2D eigenvalue weighted by atomic mass is 16.5. The van der Waals surface area contributed by atoms with Crippen LogP contribution in [0.25, 0.3) is 0 Å². The van der Waals surface area contributed by atoms with Crippen molar-refractivity contribution in [3.8, 4) is 11.9 Å². The fourth-order valence-corrected chi connectivity index (χ4v) is 3.21. The number of nitrogens with zero attached hydrogens (tertiary/aromatic N) is 2. The summed E-state index contributed by atoms with van der Waals surface area (Å²) in [6.45, 7) is 4.01. The second-order valence-electron chi connectivity index (χ2n) is 6.47. The van der Waals surface area contributed by atoms with Crippen molar-refractivity contribution in [2.24, 2.45) is 10.9 Å². The molecule has 1 aromatic rings. The molecule has 23 heavy (non-hydrogen) atoms. The number of benzene rings is 1. The van der Waals surface area contributed by atoms with E-state index in [0.29, 0.717) is 12.0 Å². The van der Waals surface area contributed by atoms with Crippen LogP contribution in [0.5, 0.6) is 5.75 Å². The van der Waals surface area contributed by atoms with Gasteiger partial charge in [-0.05, 0) is 69.6 Å². The van der Waals surface area contributed by atoms with Crippen molar-refractivity contribution in [1.82, 2.24) is 0 Å². The minimum Gasteiger partial charge on any atom is -0.491 e. The second-order valence-corrected chi connectivity index (χ2v) is 6.47. The molecule has 4 nitrogen and oxygen atoms in total. The van der Waals surface area contributed by atoms with Crippen molar-refractivity contribution in [3.05, 3.63) is 29.3 Å². The number of hydrogen-bond donors (Lipinski definition) is 0. The molecule has 0 aliphatic heterocycles. The average Bonchev–Trinajstić information content (AvgIpc) is 2.55. The first-order valence-corrected chi connectivity index (χ1v) is 8.37. The van der Waals surface area contributed by atoms with Gasteiger partial charge in [0.05, 0.1) is 12.2 Å². The molecule has 0 atom stereocenters. The molecule has 0 aromatic heterocycles. The van der Waals surface area contributed by atoms with Crippen molar-refractivity contribution in [2.45, 2.75) is 58.2 Å². The van der Waals surface area contributed by atoms with E-state index in [1.807, 2.05) is 32.2 Å². The van der Waals surface area contributed by atoms with Crippen LogP contribution in [0, 0.1) is 17.4 Å². The number of rotatable bonds is 6. The zero-order chi connectivity index (χ0) is 16.7. The van der Waals surface area contributed by atoms with Crippen LogP contribution in [-0.2, 0) is 11.2 Å². The summed E-state index contributed by atoms with van der Waals surface area (Å²) < 4.78 is 11.2. The summed E-state index contributed by atoms with van der Waals surface area (Å²) in [6, 6.07) is 6.11. The van der Waals surface area contributed by atoms with Gasteiger partial charge in [-0.3, -0.25) is 0 Å². The van der Waals surface area contributed by atoms with E-state index in [4.69, 9.17) is 14.7 Å². The van der Waals surface area contributed by atoms with Crippen LogP contribution < -0.4 is 4.74 Å². The first-order valence-electron chi connectivity index (χ1n) is 8.37. The number of methoxy groups -OCH3 is 1. The van der Waals surface area contributed by atoms with Gasteiger partial charge in [-0.2, -0.15) is 10.3 Å². The van der Waals surface area contributed by atoms with Gasteiger partial charge in [0.15, 0.2) is 0 Å². The zero-order valence-corrected chi connectivity index (χ0v) is 14.3. The number of hydrogen-bond acceptors (Lipinski definition) is 4. The van der Waals surface area contributed by atoms with E-state index in [1.54, 1.807) is 13.3 Å². The lowest BCUT2D eigenvalue weighted by Crippen LogP contribution is -2.21. The Morgan fingerprint density at radius 3 is 2.65 bits per heavy atom. The molecule has 124 valence electrons. The van der Waals surface area contributed by atoms with Crippen LogP contribution >= 0.6 is 0 Å². The molecule has 0 unspecified atom stereocenters. The van der Waals surface area contributed by atoms with Crippen LogP contribution in [0.2, 0.25) is 0 Å². The molecule has 1 saturated carbocycles. The Kier molecular flexibility index (Phi) is 6.61. The van der Waals surface area contributed by atoms with Gasteiger partial charge < -0.3 is 9.47 Å². The molecule has 0 heterocycles. The Balaban J connectivity index is 2.10. The summed E-state index contributed by atoms with van der Waals surface area (Å²) in [6.07, 6.45) is 9.70. The van der Waals surface area contributed by atoms with Gasteiger partial charge in [-0.25, -0.2) is 0 Å². The third-order valence-corrected chi connectivity index (χ3v) is 4.39. The van der Waals surface area contributed by atoms with Crippen LogP contribution in [0.3, 0.4) is 0 Å². The van der Waals surface area contributed by atoms with E-state index in [0.717, 1.165) is 30.6 Å². The molecule has 1 aliphatic rings. The van der Waals surface area contributed by atoms with E-state index < -0.39 is 0 Å². The Morgan fingerprint density at radius 2 is 2.04 bits per heavy atom. The molecule has 0 saturated heterocycles. The molecular formula is C19H26N2O2. The van der Waals surface area contributed by atoms with E-state index >= 15 is 0 Å². The third-order valence-electron chi connectivity index (χ3n) is 4.39. The highest BCUT2D eigenvalue weighted by Crippen LogP contribution is 2.30. The summed E-state index contributed by atoms with van der Waals surface area (Å²) in [5.41, 5.74) is 2.22. The minimum absolute atomic E-state index is 0.130. The maximum absolute atomic E-state index is 8.72. The Hall–Kier alpha value is -1.86. The number of nitriles is 1. The molecule has 1 aromatic carbocycles. The topological polar surface area (TPSA) is 54.6 Å². The lowest BCUT2D eigenvalue weighted by molar-refractivity contribution is 0.0568. The fraction of sp³-hybridized carbons (Fsp3) is 0.579. The molecule has 1 fully saturated rings. The van der Waals surface area contributed by atoms with E-state index in [1.165, 1.54) is 18.4 Å². The van der Waals surface area contributed by atoms with Crippen molar-refractivity contribution in [3.63, 3.8) is 0 Å². The van der Waals surface area contributed by atoms with Gasteiger partial charge in [0.1, 0.15) is 5.75 Å². The largest absolute Gasteiger partial charge is 0.491 e. The lowest BCUT2D eigenvalue weighted by Gasteiger charge is -2.28. The van der Waals surface area contributed by atoms with Crippen molar-refractivity contribution in [1.29, 1.82) is 5.26 Å².